The maximum atomic E-state index is 4.56. The number of nitrogens with one attached hydrogen (secondary N) is 1. The molecule has 0 aliphatic carbocycles. The summed E-state index contributed by atoms with van der Waals surface area (Å²) in [5, 5.41) is 4.49. The fraction of sp³-hybridized carbons (Fsp3) is 0.462. The number of hydrogen-bond acceptors (Lipinski definition) is 2. The van der Waals surface area contributed by atoms with Gasteiger partial charge in [-0.1, -0.05) is 35.8 Å². The van der Waals surface area contributed by atoms with Crippen LogP contribution in [0.25, 0.3) is 5.65 Å². The lowest BCUT2D eigenvalue weighted by Gasteiger charge is -2.19. The first-order chi connectivity index (χ1) is 8.20. The minimum atomic E-state index is 0.486. The van der Waals surface area contributed by atoms with Crippen molar-refractivity contribution in [3.63, 3.8) is 0 Å². The van der Waals surface area contributed by atoms with Gasteiger partial charge in [-0.05, 0) is 18.1 Å². The van der Waals surface area contributed by atoms with E-state index in [4.69, 9.17) is 0 Å². The summed E-state index contributed by atoms with van der Waals surface area (Å²) in [4.78, 5) is 4.56. The molecule has 0 aliphatic heterocycles. The van der Waals surface area contributed by atoms with E-state index < -0.39 is 0 Å². The molecular formula is C13H18BrN3. The number of alkyl halides is 1. The standard InChI is InChI=1S/C13H18BrN3/c1-10(2)12(7-14)15-8-11-9-17-6-4-3-5-13(17)16-11/h3-6,9-10,12,15H,7-8H2,1-2H3. The van der Waals surface area contributed by atoms with Gasteiger partial charge in [-0.2, -0.15) is 0 Å². The van der Waals surface area contributed by atoms with Gasteiger partial charge < -0.3 is 9.72 Å². The molecule has 2 aromatic rings. The maximum absolute atomic E-state index is 4.56. The topological polar surface area (TPSA) is 29.3 Å². The Balaban J connectivity index is 2.03. The van der Waals surface area contributed by atoms with Gasteiger partial charge in [0.2, 0.25) is 0 Å². The predicted molar refractivity (Wildman–Crippen MR) is 74.5 cm³/mol. The van der Waals surface area contributed by atoms with Crippen molar-refractivity contribution in [2.75, 3.05) is 5.33 Å². The Labute approximate surface area is 110 Å². The highest BCUT2D eigenvalue weighted by molar-refractivity contribution is 9.09. The second kappa shape index (κ2) is 5.65. The molecule has 92 valence electrons. The first-order valence-corrected chi connectivity index (χ1v) is 7.05. The molecule has 17 heavy (non-hydrogen) atoms. The zero-order valence-corrected chi connectivity index (χ0v) is 11.8. The van der Waals surface area contributed by atoms with E-state index >= 15 is 0 Å². The molecule has 0 radical (unpaired) electrons. The Hall–Kier alpha value is -0.870. The normalized spacial score (nSPS) is 13.4. The van der Waals surface area contributed by atoms with Crippen LogP contribution in [0.15, 0.2) is 30.6 Å². The lowest BCUT2D eigenvalue weighted by atomic mass is 10.1. The van der Waals surface area contributed by atoms with Gasteiger partial charge in [-0.25, -0.2) is 4.98 Å². The molecule has 1 atom stereocenters. The molecule has 3 nitrogen and oxygen atoms in total. The molecule has 0 fully saturated rings. The summed E-state index contributed by atoms with van der Waals surface area (Å²) < 4.78 is 2.05. The molecule has 2 heterocycles. The van der Waals surface area contributed by atoms with E-state index in [0.717, 1.165) is 23.2 Å². The summed E-state index contributed by atoms with van der Waals surface area (Å²) >= 11 is 3.54. The molecule has 0 amide bonds. The van der Waals surface area contributed by atoms with Crippen LogP contribution in [0.3, 0.4) is 0 Å². The summed E-state index contributed by atoms with van der Waals surface area (Å²) in [7, 11) is 0. The van der Waals surface area contributed by atoms with Crippen LogP contribution in [-0.4, -0.2) is 20.8 Å². The number of halogens is 1. The van der Waals surface area contributed by atoms with E-state index in [1.807, 2.05) is 24.4 Å². The van der Waals surface area contributed by atoms with Crippen molar-refractivity contribution >= 4 is 21.6 Å². The summed E-state index contributed by atoms with van der Waals surface area (Å²) in [5.74, 6) is 0.617. The molecule has 0 aliphatic rings. The number of hydrogen-bond donors (Lipinski definition) is 1. The number of fused-ring (bicyclic) bond motifs is 1. The number of rotatable bonds is 5. The number of pyridine rings is 1. The third kappa shape index (κ3) is 3.07. The molecular weight excluding hydrogens is 278 g/mol. The van der Waals surface area contributed by atoms with Gasteiger partial charge in [0, 0.05) is 30.3 Å². The zero-order valence-electron chi connectivity index (χ0n) is 10.2. The van der Waals surface area contributed by atoms with Crippen molar-refractivity contribution in [2.24, 2.45) is 5.92 Å². The van der Waals surface area contributed by atoms with Crippen molar-refractivity contribution < 1.29 is 0 Å². The van der Waals surface area contributed by atoms with Gasteiger partial charge in [0.05, 0.1) is 5.69 Å². The fourth-order valence-electron chi connectivity index (χ4n) is 1.78. The Morgan fingerprint density at radius 2 is 2.24 bits per heavy atom. The molecule has 0 spiro atoms. The van der Waals surface area contributed by atoms with Gasteiger partial charge >= 0.3 is 0 Å². The highest BCUT2D eigenvalue weighted by Crippen LogP contribution is 2.08. The van der Waals surface area contributed by atoms with Crippen LogP contribution in [0.1, 0.15) is 19.5 Å². The highest BCUT2D eigenvalue weighted by Gasteiger charge is 2.11. The fourth-order valence-corrected chi connectivity index (χ4v) is 2.75. The van der Waals surface area contributed by atoms with Crippen LogP contribution in [0.5, 0.6) is 0 Å². The highest BCUT2D eigenvalue weighted by atomic mass is 79.9. The largest absolute Gasteiger partial charge is 0.307 e. The average molecular weight is 296 g/mol. The van der Waals surface area contributed by atoms with E-state index in [9.17, 15) is 0 Å². The third-order valence-electron chi connectivity index (χ3n) is 2.93. The maximum Gasteiger partial charge on any atom is 0.137 e. The van der Waals surface area contributed by atoms with E-state index in [0.29, 0.717) is 12.0 Å². The van der Waals surface area contributed by atoms with Crippen LogP contribution < -0.4 is 5.32 Å². The summed E-state index contributed by atoms with van der Waals surface area (Å²) in [6.45, 7) is 5.27. The van der Waals surface area contributed by atoms with Gasteiger partial charge in [-0.15, -0.1) is 0 Å². The van der Waals surface area contributed by atoms with Crippen molar-refractivity contribution in [2.45, 2.75) is 26.4 Å². The van der Waals surface area contributed by atoms with E-state index in [-0.39, 0.29) is 0 Å². The lowest BCUT2D eigenvalue weighted by Crippen LogP contribution is -2.34. The molecule has 2 aromatic heterocycles. The van der Waals surface area contributed by atoms with Gasteiger partial charge in [0.25, 0.3) is 0 Å². The number of imidazole rings is 1. The molecule has 1 N–H and O–H groups in total. The summed E-state index contributed by atoms with van der Waals surface area (Å²) in [6.07, 6.45) is 4.10. The average Bonchev–Trinajstić information content (AvgIpc) is 2.71. The Kier molecular flexibility index (Phi) is 4.18. The minimum absolute atomic E-state index is 0.486. The first-order valence-electron chi connectivity index (χ1n) is 5.92. The molecule has 0 bridgehead atoms. The van der Waals surface area contributed by atoms with Gasteiger partial charge in [-0.3, -0.25) is 0 Å². The van der Waals surface area contributed by atoms with E-state index in [1.54, 1.807) is 0 Å². The van der Waals surface area contributed by atoms with E-state index in [2.05, 4.69) is 50.7 Å². The zero-order chi connectivity index (χ0) is 12.3. The SMILES string of the molecule is CC(C)C(CBr)NCc1cn2ccccc2n1. The lowest BCUT2D eigenvalue weighted by molar-refractivity contribution is 0.432. The van der Waals surface area contributed by atoms with E-state index in [1.165, 1.54) is 0 Å². The van der Waals surface area contributed by atoms with Crippen LogP contribution in [0, 0.1) is 5.92 Å². The van der Waals surface area contributed by atoms with Crippen LogP contribution in [0.2, 0.25) is 0 Å². The number of aromatic nitrogens is 2. The predicted octanol–water partition coefficient (Wildman–Crippen LogP) is 2.84. The minimum Gasteiger partial charge on any atom is -0.307 e. The van der Waals surface area contributed by atoms with Crippen molar-refractivity contribution in [1.29, 1.82) is 0 Å². The smallest absolute Gasteiger partial charge is 0.137 e. The van der Waals surface area contributed by atoms with Gasteiger partial charge in [0.15, 0.2) is 0 Å². The Bertz CT molecular complexity index is 445. The second-order valence-corrected chi connectivity index (χ2v) is 5.23. The third-order valence-corrected chi connectivity index (χ3v) is 3.63. The van der Waals surface area contributed by atoms with Crippen LogP contribution in [-0.2, 0) is 6.54 Å². The van der Waals surface area contributed by atoms with Crippen molar-refractivity contribution in [3.05, 3.63) is 36.3 Å². The monoisotopic (exact) mass is 295 g/mol. The molecule has 4 heteroatoms. The molecule has 0 saturated carbocycles. The van der Waals surface area contributed by atoms with Crippen LogP contribution >= 0.6 is 15.9 Å². The Morgan fingerprint density at radius 3 is 2.88 bits per heavy atom. The van der Waals surface area contributed by atoms with Gasteiger partial charge in [0.1, 0.15) is 5.65 Å². The number of nitrogens with zero attached hydrogens (tertiary/aromatic N) is 2. The summed E-state index contributed by atoms with van der Waals surface area (Å²) in [6, 6.07) is 6.53. The molecule has 1 unspecified atom stereocenters. The molecule has 2 rings (SSSR count). The second-order valence-electron chi connectivity index (χ2n) is 4.58. The molecule has 0 aromatic carbocycles. The summed E-state index contributed by atoms with van der Waals surface area (Å²) in [5.41, 5.74) is 2.09. The molecule has 0 saturated heterocycles. The Morgan fingerprint density at radius 1 is 1.41 bits per heavy atom. The van der Waals surface area contributed by atoms with Crippen LogP contribution in [0.4, 0.5) is 0 Å². The first kappa shape index (κ1) is 12.6. The van der Waals surface area contributed by atoms with Crippen molar-refractivity contribution in [1.82, 2.24) is 14.7 Å². The van der Waals surface area contributed by atoms with Crippen molar-refractivity contribution in [3.8, 4) is 0 Å². The quantitative estimate of drug-likeness (QED) is 0.860.